The third-order valence-corrected chi connectivity index (χ3v) is 5.63. The van der Waals surface area contributed by atoms with Gasteiger partial charge in [-0.3, -0.25) is 19.3 Å². The molecule has 2 N–H and O–H groups in total. The number of amidine groups is 1. The van der Waals surface area contributed by atoms with Gasteiger partial charge < -0.3 is 10.0 Å². The van der Waals surface area contributed by atoms with Crippen LogP contribution in [0, 0.1) is 0 Å². The average Bonchev–Trinajstić information content (AvgIpc) is 2.86. The lowest BCUT2D eigenvalue weighted by Gasteiger charge is -2.24. The number of benzene rings is 1. The van der Waals surface area contributed by atoms with Crippen LogP contribution in [0.4, 0.5) is 0 Å². The van der Waals surface area contributed by atoms with Crippen LogP contribution in [0.25, 0.3) is 0 Å². The predicted molar refractivity (Wildman–Crippen MR) is 101 cm³/mol. The van der Waals surface area contributed by atoms with Crippen LogP contribution in [0.1, 0.15) is 45.1 Å². The molecule has 0 saturated carbocycles. The SMILES string of the molecule is CC(C)N(CC(=O)O)C(=O)CCCCCN=C1NS(=O)(=O)c2ccccc21. The Kier molecular flexibility index (Phi) is 6.95. The fourth-order valence-corrected chi connectivity index (χ4v) is 4.11. The van der Waals surface area contributed by atoms with E-state index < -0.39 is 16.0 Å². The second kappa shape index (κ2) is 8.98. The van der Waals surface area contributed by atoms with E-state index in [1.807, 2.05) is 0 Å². The Morgan fingerprint density at radius 1 is 1.19 bits per heavy atom. The number of fused-ring (bicyclic) bond motifs is 1. The maximum Gasteiger partial charge on any atom is 0.323 e. The molecule has 1 aromatic carbocycles. The van der Waals surface area contributed by atoms with E-state index in [1.165, 1.54) is 4.90 Å². The number of unbranched alkanes of at least 4 members (excludes halogenated alkanes) is 2. The largest absolute Gasteiger partial charge is 0.480 e. The van der Waals surface area contributed by atoms with Gasteiger partial charge >= 0.3 is 5.97 Å². The molecule has 0 bridgehead atoms. The second-order valence-corrected chi connectivity index (χ2v) is 8.30. The lowest BCUT2D eigenvalue weighted by molar-refractivity contribution is -0.145. The van der Waals surface area contributed by atoms with E-state index in [9.17, 15) is 18.0 Å². The zero-order valence-corrected chi connectivity index (χ0v) is 16.3. The Balaban J connectivity index is 1.79. The zero-order valence-electron chi connectivity index (χ0n) is 15.5. The van der Waals surface area contributed by atoms with Crippen molar-refractivity contribution in [3.05, 3.63) is 29.8 Å². The predicted octanol–water partition coefficient (Wildman–Crippen LogP) is 1.61. The monoisotopic (exact) mass is 395 g/mol. The van der Waals surface area contributed by atoms with Crippen molar-refractivity contribution in [2.24, 2.45) is 4.99 Å². The number of nitrogens with zero attached hydrogens (tertiary/aromatic N) is 2. The molecule has 2 rings (SSSR count). The molecule has 0 aliphatic carbocycles. The molecule has 1 aromatic rings. The fraction of sp³-hybridized carbons (Fsp3) is 0.500. The number of carbonyl (C=O) groups excluding carboxylic acids is 1. The highest BCUT2D eigenvalue weighted by Gasteiger charge is 2.29. The molecule has 1 amide bonds. The van der Waals surface area contributed by atoms with Crippen LogP contribution in [0.5, 0.6) is 0 Å². The number of carboxylic acids is 1. The van der Waals surface area contributed by atoms with Crippen LogP contribution in [0.2, 0.25) is 0 Å². The molecule has 1 aliphatic heterocycles. The number of nitrogens with one attached hydrogen (secondary N) is 1. The van der Waals surface area contributed by atoms with Gasteiger partial charge in [-0.15, -0.1) is 0 Å². The van der Waals surface area contributed by atoms with E-state index in [0.29, 0.717) is 30.8 Å². The highest BCUT2D eigenvalue weighted by molar-refractivity contribution is 7.90. The number of amides is 1. The lowest BCUT2D eigenvalue weighted by atomic mass is 10.1. The Hall–Kier alpha value is -2.42. The molecular weight excluding hydrogens is 370 g/mol. The van der Waals surface area contributed by atoms with Gasteiger partial charge in [-0.25, -0.2) is 8.42 Å². The van der Waals surface area contributed by atoms with Gasteiger partial charge in [0, 0.05) is 24.6 Å². The van der Waals surface area contributed by atoms with Crippen molar-refractivity contribution < 1.29 is 23.1 Å². The summed E-state index contributed by atoms with van der Waals surface area (Å²) < 4.78 is 26.4. The minimum atomic E-state index is -3.52. The van der Waals surface area contributed by atoms with Gasteiger partial charge in [-0.1, -0.05) is 18.6 Å². The highest BCUT2D eigenvalue weighted by atomic mass is 32.2. The smallest absolute Gasteiger partial charge is 0.323 e. The van der Waals surface area contributed by atoms with E-state index in [1.54, 1.807) is 38.1 Å². The molecule has 1 heterocycles. The van der Waals surface area contributed by atoms with E-state index in [4.69, 9.17) is 5.11 Å². The lowest BCUT2D eigenvalue weighted by Crippen LogP contribution is -2.40. The number of hydrogen-bond donors (Lipinski definition) is 2. The number of hydrogen-bond acceptors (Lipinski definition) is 5. The summed E-state index contributed by atoms with van der Waals surface area (Å²) >= 11 is 0. The first-order chi connectivity index (χ1) is 12.7. The summed E-state index contributed by atoms with van der Waals surface area (Å²) in [5, 5.41) is 8.88. The highest BCUT2D eigenvalue weighted by Crippen LogP contribution is 2.22. The summed E-state index contributed by atoms with van der Waals surface area (Å²) in [6.07, 6.45) is 2.38. The van der Waals surface area contributed by atoms with Crippen LogP contribution in [0.3, 0.4) is 0 Å². The first-order valence-electron chi connectivity index (χ1n) is 8.90. The standard InChI is InChI=1S/C18H25N3O5S/c1-13(2)21(12-17(23)24)16(22)10-4-3-7-11-19-18-14-8-5-6-9-15(14)27(25,26)20-18/h5-6,8-9,13H,3-4,7,10-12H2,1-2H3,(H,19,20)(H,23,24). The Bertz CT molecular complexity index is 833. The number of carboxylic acid groups (broad SMARTS) is 1. The Labute approximate surface area is 159 Å². The van der Waals surface area contributed by atoms with Gasteiger partial charge in [0.2, 0.25) is 5.91 Å². The molecule has 0 unspecified atom stereocenters. The van der Waals surface area contributed by atoms with Crippen molar-refractivity contribution in [3.63, 3.8) is 0 Å². The van der Waals surface area contributed by atoms with Crippen molar-refractivity contribution in [2.45, 2.75) is 50.5 Å². The van der Waals surface area contributed by atoms with Crippen LogP contribution in [0.15, 0.2) is 34.2 Å². The number of rotatable bonds is 9. The number of aliphatic imine (C=N–C) groups is 1. The maximum atomic E-state index is 12.1. The minimum absolute atomic E-state index is 0.157. The molecule has 0 saturated heterocycles. The fourth-order valence-electron chi connectivity index (χ4n) is 2.86. The summed E-state index contributed by atoms with van der Waals surface area (Å²) in [6.45, 7) is 3.74. The minimum Gasteiger partial charge on any atom is -0.480 e. The van der Waals surface area contributed by atoms with E-state index in [0.717, 1.165) is 6.42 Å². The van der Waals surface area contributed by atoms with Crippen molar-refractivity contribution in [1.29, 1.82) is 0 Å². The zero-order chi connectivity index (χ0) is 20.0. The molecule has 148 valence electrons. The molecular formula is C18H25N3O5S. The van der Waals surface area contributed by atoms with E-state index in [-0.39, 0.29) is 29.8 Å². The number of carbonyl (C=O) groups is 2. The van der Waals surface area contributed by atoms with Gasteiger partial charge in [-0.05, 0) is 38.8 Å². The van der Waals surface area contributed by atoms with E-state index in [2.05, 4.69) is 9.71 Å². The normalized spacial score (nSPS) is 16.2. The van der Waals surface area contributed by atoms with Crippen molar-refractivity contribution in [1.82, 2.24) is 9.62 Å². The van der Waals surface area contributed by atoms with Crippen LogP contribution in [-0.2, 0) is 19.6 Å². The number of aliphatic carboxylic acids is 1. The molecule has 8 nitrogen and oxygen atoms in total. The molecule has 0 spiro atoms. The first-order valence-corrected chi connectivity index (χ1v) is 10.4. The number of sulfonamides is 1. The molecule has 0 fully saturated rings. The third-order valence-electron chi connectivity index (χ3n) is 4.23. The second-order valence-electron chi connectivity index (χ2n) is 6.65. The Morgan fingerprint density at radius 3 is 2.56 bits per heavy atom. The summed E-state index contributed by atoms with van der Waals surface area (Å²) in [5.74, 6) is -0.836. The van der Waals surface area contributed by atoms with Gasteiger partial charge in [0.05, 0.1) is 4.90 Å². The molecule has 9 heteroatoms. The summed E-state index contributed by atoms with van der Waals surface area (Å²) in [6, 6.07) is 6.54. The molecule has 0 atom stereocenters. The molecule has 0 radical (unpaired) electrons. The van der Waals surface area contributed by atoms with Crippen LogP contribution < -0.4 is 4.72 Å². The molecule has 27 heavy (non-hydrogen) atoms. The summed E-state index contributed by atoms with van der Waals surface area (Å²) in [4.78, 5) is 28.9. The van der Waals surface area contributed by atoms with Crippen LogP contribution >= 0.6 is 0 Å². The molecule has 0 aromatic heterocycles. The van der Waals surface area contributed by atoms with Gasteiger partial charge in [0.15, 0.2) is 0 Å². The third kappa shape index (κ3) is 5.53. The van der Waals surface area contributed by atoms with Gasteiger partial charge in [0.1, 0.15) is 12.4 Å². The average molecular weight is 395 g/mol. The van der Waals surface area contributed by atoms with Crippen LogP contribution in [-0.4, -0.2) is 55.3 Å². The topological polar surface area (TPSA) is 116 Å². The first kappa shape index (κ1) is 20.9. The molecule has 1 aliphatic rings. The van der Waals surface area contributed by atoms with Crippen molar-refractivity contribution in [3.8, 4) is 0 Å². The summed E-state index contributed by atoms with van der Waals surface area (Å²) in [7, 11) is -3.52. The Morgan fingerprint density at radius 2 is 1.89 bits per heavy atom. The maximum absolute atomic E-state index is 12.1. The van der Waals surface area contributed by atoms with Gasteiger partial charge in [0.25, 0.3) is 10.0 Å². The van der Waals surface area contributed by atoms with Crippen molar-refractivity contribution >= 4 is 27.7 Å². The van der Waals surface area contributed by atoms with E-state index >= 15 is 0 Å². The van der Waals surface area contributed by atoms with Crippen molar-refractivity contribution in [2.75, 3.05) is 13.1 Å². The summed E-state index contributed by atoms with van der Waals surface area (Å²) in [5.41, 5.74) is 0.578. The quantitative estimate of drug-likeness (QED) is 0.616. The van der Waals surface area contributed by atoms with Gasteiger partial charge in [-0.2, -0.15) is 0 Å².